The van der Waals surface area contributed by atoms with Gasteiger partial charge in [0.2, 0.25) is 0 Å². The Morgan fingerprint density at radius 3 is 2.81 bits per heavy atom. The normalized spacial score (nSPS) is 19.2. The van der Waals surface area contributed by atoms with Crippen LogP contribution in [0.25, 0.3) is 0 Å². The number of halogens is 1. The molecule has 2 aromatic heterocycles. The minimum absolute atomic E-state index is 0.0576. The molecule has 162 valence electrons. The molecule has 31 heavy (non-hydrogen) atoms. The van der Waals surface area contributed by atoms with Gasteiger partial charge < -0.3 is 15.0 Å². The van der Waals surface area contributed by atoms with Crippen LogP contribution in [-0.4, -0.2) is 64.6 Å². The van der Waals surface area contributed by atoms with Crippen LogP contribution in [0.3, 0.4) is 0 Å². The Morgan fingerprint density at radius 1 is 1.19 bits per heavy atom. The van der Waals surface area contributed by atoms with Crippen LogP contribution in [0, 0.1) is 0 Å². The second kappa shape index (κ2) is 10.5. The number of amides is 2. The Kier molecular flexibility index (Phi) is 7.30. The van der Waals surface area contributed by atoms with Gasteiger partial charge in [-0.1, -0.05) is 35.9 Å². The van der Waals surface area contributed by atoms with Crippen molar-refractivity contribution in [2.45, 2.75) is 19.1 Å². The van der Waals surface area contributed by atoms with E-state index in [1.54, 1.807) is 24.7 Å². The van der Waals surface area contributed by atoms with Crippen molar-refractivity contribution in [3.8, 4) is 0 Å². The standard InChI is InChI=1S/C23H26ClN5O2/c24-22-7-6-19(14-26-22)17-31-21-5-1-3-18(13-21)16-28-9-11-29(12-10-28)23(30)27-20-4-2-8-25-15-20/h1-4,6-8,13-15,21H,5,9-12,16-17H2,(H,27,30). The van der Waals surface area contributed by atoms with Crippen LogP contribution in [0.1, 0.15) is 12.0 Å². The molecule has 1 aliphatic heterocycles. The number of rotatable bonds is 6. The number of nitrogens with one attached hydrogen (secondary N) is 1. The van der Waals surface area contributed by atoms with Crippen LogP contribution in [0.4, 0.5) is 10.5 Å². The van der Waals surface area contributed by atoms with E-state index in [1.165, 1.54) is 5.57 Å². The van der Waals surface area contributed by atoms with Gasteiger partial charge in [-0.2, -0.15) is 0 Å². The summed E-state index contributed by atoms with van der Waals surface area (Å²) in [6, 6.07) is 7.28. The van der Waals surface area contributed by atoms with Gasteiger partial charge in [-0.15, -0.1) is 0 Å². The number of hydrogen-bond donors (Lipinski definition) is 1. The van der Waals surface area contributed by atoms with Crippen molar-refractivity contribution >= 4 is 23.3 Å². The van der Waals surface area contributed by atoms with Crippen LogP contribution in [0.2, 0.25) is 5.15 Å². The maximum absolute atomic E-state index is 12.4. The highest BCUT2D eigenvalue weighted by atomic mass is 35.5. The fourth-order valence-corrected chi connectivity index (χ4v) is 3.75. The van der Waals surface area contributed by atoms with Gasteiger partial charge in [0, 0.05) is 45.1 Å². The van der Waals surface area contributed by atoms with E-state index in [4.69, 9.17) is 16.3 Å². The van der Waals surface area contributed by atoms with Crippen LogP contribution in [0.15, 0.2) is 66.7 Å². The van der Waals surface area contributed by atoms with Gasteiger partial charge in [0.1, 0.15) is 5.15 Å². The molecule has 1 fully saturated rings. The average Bonchev–Trinajstić information content (AvgIpc) is 2.80. The molecule has 8 heteroatoms. The Bertz CT molecular complexity index is 925. The van der Waals surface area contributed by atoms with Crippen molar-refractivity contribution in [1.82, 2.24) is 19.8 Å². The van der Waals surface area contributed by atoms with Gasteiger partial charge in [0.25, 0.3) is 0 Å². The van der Waals surface area contributed by atoms with Crippen molar-refractivity contribution in [2.75, 3.05) is 38.0 Å². The first-order valence-electron chi connectivity index (χ1n) is 10.4. The molecule has 1 aliphatic carbocycles. The Balaban J connectivity index is 1.22. The highest BCUT2D eigenvalue weighted by Crippen LogP contribution is 2.18. The summed E-state index contributed by atoms with van der Waals surface area (Å²) in [5.41, 5.74) is 2.97. The smallest absolute Gasteiger partial charge is 0.321 e. The maximum Gasteiger partial charge on any atom is 0.321 e. The molecule has 0 bridgehead atoms. The van der Waals surface area contributed by atoms with E-state index in [9.17, 15) is 4.79 Å². The number of anilines is 1. The van der Waals surface area contributed by atoms with E-state index in [1.807, 2.05) is 23.1 Å². The summed E-state index contributed by atoms with van der Waals surface area (Å²) < 4.78 is 6.04. The highest BCUT2D eigenvalue weighted by Gasteiger charge is 2.22. The van der Waals surface area contributed by atoms with Gasteiger partial charge in [-0.05, 0) is 35.8 Å². The number of urea groups is 1. The summed E-state index contributed by atoms with van der Waals surface area (Å²) in [6.07, 6.45) is 12.5. The van der Waals surface area contributed by atoms with E-state index >= 15 is 0 Å². The lowest BCUT2D eigenvalue weighted by atomic mass is 10.0. The maximum atomic E-state index is 12.4. The van der Waals surface area contributed by atoms with E-state index in [2.05, 4.69) is 38.4 Å². The van der Waals surface area contributed by atoms with Crippen molar-refractivity contribution in [1.29, 1.82) is 0 Å². The summed E-state index contributed by atoms with van der Waals surface area (Å²) >= 11 is 5.83. The zero-order valence-corrected chi connectivity index (χ0v) is 18.0. The van der Waals surface area contributed by atoms with Crippen molar-refractivity contribution in [2.24, 2.45) is 0 Å². The zero-order valence-electron chi connectivity index (χ0n) is 17.3. The average molecular weight is 440 g/mol. The van der Waals surface area contributed by atoms with Gasteiger partial charge in [0.15, 0.2) is 0 Å². The van der Waals surface area contributed by atoms with Crippen molar-refractivity contribution < 1.29 is 9.53 Å². The number of pyridine rings is 2. The fraction of sp³-hybridized carbons (Fsp3) is 0.348. The molecule has 1 N–H and O–H groups in total. The van der Waals surface area contributed by atoms with E-state index in [0.29, 0.717) is 30.5 Å². The SMILES string of the molecule is O=C(Nc1cccnc1)N1CCN(CC2=CC(OCc3ccc(Cl)nc3)CC=C2)CC1. The number of nitrogens with zero attached hydrogens (tertiary/aromatic N) is 4. The predicted octanol–water partition coefficient (Wildman–Crippen LogP) is 3.75. The molecule has 0 aromatic carbocycles. The molecule has 4 rings (SSSR count). The molecule has 2 aliphatic rings. The largest absolute Gasteiger partial charge is 0.369 e. The summed E-state index contributed by atoms with van der Waals surface area (Å²) in [6.45, 7) is 4.45. The number of aromatic nitrogens is 2. The van der Waals surface area contributed by atoms with Crippen LogP contribution < -0.4 is 5.32 Å². The number of piperazine rings is 1. The quantitative estimate of drug-likeness (QED) is 0.694. The van der Waals surface area contributed by atoms with Gasteiger partial charge in [0.05, 0.1) is 24.6 Å². The van der Waals surface area contributed by atoms with Crippen LogP contribution in [-0.2, 0) is 11.3 Å². The van der Waals surface area contributed by atoms with Crippen molar-refractivity contribution in [3.63, 3.8) is 0 Å². The van der Waals surface area contributed by atoms with Gasteiger partial charge in [-0.25, -0.2) is 9.78 Å². The van der Waals surface area contributed by atoms with E-state index in [-0.39, 0.29) is 12.1 Å². The Morgan fingerprint density at radius 2 is 2.06 bits per heavy atom. The highest BCUT2D eigenvalue weighted by molar-refractivity contribution is 6.29. The molecule has 1 unspecified atom stereocenters. The molecule has 0 spiro atoms. The second-order valence-electron chi connectivity index (χ2n) is 7.65. The predicted molar refractivity (Wildman–Crippen MR) is 121 cm³/mol. The first kappa shape index (κ1) is 21.5. The van der Waals surface area contributed by atoms with E-state index < -0.39 is 0 Å². The third kappa shape index (κ3) is 6.37. The molecule has 1 atom stereocenters. The Labute approximate surface area is 187 Å². The molecule has 3 heterocycles. The van der Waals surface area contributed by atoms with Crippen LogP contribution in [0.5, 0.6) is 0 Å². The third-order valence-electron chi connectivity index (χ3n) is 5.33. The summed E-state index contributed by atoms with van der Waals surface area (Å²) in [7, 11) is 0. The van der Waals surface area contributed by atoms with Crippen LogP contribution >= 0.6 is 11.6 Å². The Hall–Kier alpha value is -2.74. The number of ether oxygens (including phenoxy) is 1. The van der Waals surface area contributed by atoms with Crippen molar-refractivity contribution in [3.05, 3.63) is 77.4 Å². The number of carbonyl (C=O) groups is 1. The van der Waals surface area contributed by atoms with Gasteiger partial charge in [-0.3, -0.25) is 9.88 Å². The first-order valence-corrected chi connectivity index (χ1v) is 10.8. The van der Waals surface area contributed by atoms with E-state index in [0.717, 1.165) is 31.6 Å². The molecule has 0 saturated carbocycles. The lowest BCUT2D eigenvalue weighted by Crippen LogP contribution is -2.50. The zero-order chi connectivity index (χ0) is 21.5. The molecule has 2 amide bonds. The summed E-state index contributed by atoms with van der Waals surface area (Å²) in [4.78, 5) is 24.8. The monoisotopic (exact) mass is 439 g/mol. The number of carbonyl (C=O) groups excluding carboxylic acids is 1. The summed E-state index contributed by atoms with van der Waals surface area (Å²) in [5, 5.41) is 3.39. The molecular weight excluding hydrogens is 414 g/mol. The topological polar surface area (TPSA) is 70.6 Å². The molecule has 0 radical (unpaired) electrons. The molecule has 7 nitrogen and oxygen atoms in total. The third-order valence-corrected chi connectivity index (χ3v) is 5.56. The first-order chi connectivity index (χ1) is 15.2. The fourth-order valence-electron chi connectivity index (χ4n) is 3.64. The molecular formula is C23H26ClN5O2. The number of hydrogen-bond acceptors (Lipinski definition) is 5. The lowest BCUT2D eigenvalue weighted by Gasteiger charge is -2.35. The lowest BCUT2D eigenvalue weighted by molar-refractivity contribution is 0.0720. The summed E-state index contributed by atoms with van der Waals surface area (Å²) in [5.74, 6) is 0. The van der Waals surface area contributed by atoms with Gasteiger partial charge >= 0.3 is 6.03 Å². The minimum atomic E-state index is -0.0745. The minimum Gasteiger partial charge on any atom is -0.369 e. The molecule has 2 aromatic rings. The molecule has 1 saturated heterocycles. The second-order valence-corrected chi connectivity index (χ2v) is 8.04.